The molecule has 0 saturated carbocycles. The molecular formula is C21H22Cl4N2O2S. The third-order valence-electron chi connectivity index (χ3n) is 4.52. The van der Waals surface area contributed by atoms with Crippen LogP contribution in [0.25, 0.3) is 0 Å². The van der Waals surface area contributed by atoms with E-state index in [4.69, 9.17) is 46.4 Å². The number of carbonyl (C=O) groups excluding carboxylic acids is 2. The Morgan fingerprint density at radius 3 is 2.30 bits per heavy atom. The molecule has 0 bridgehead atoms. The Kier molecular flexibility index (Phi) is 10.1. The van der Waals surface area contributed by atoms with E-state index in [1.807, 2.05) is 6.92 Å². The molecule has 0 heterocycles. The lowest BCUT2D eigenvalue weighted by Crippen LogP contribution is -2.48. The molecule has 1 atom stereocenters. The van der Waals surface area contributed by atoms with Crippen LogP contribution in [-0.4, -0.2) is 35.6 Å². The topological polar surface area (TPSA) is 49.4 Å². The first-order chi connectivity index (χ1) is 14.3. The van der Waals surface area contributed by atoms with Gasteiger partial charge in [0.25, 0.3) is 0 Å². The fourth-order valence-corrected chi connectivity index (χ4v) is 5.03. The maximum absolute atomic E-state index is 13.1. The fourth-order valence-electron chi connectivity index (χ4n) is 2.91. The van der Waals surface area contributed by atoms with Gasteiger partial charge in [0.1, 0.15) is 6.04 Å². The predicted octanol–water partition coefficient (Wildman–Crippen LogP) is 6.09. The zero-order valence-electron chi connectivity index (χ0n) is 16.6. The Hall–Kier alpha value is -1.11. The lowest BCUT2D eigenvalue weighted by atomic mass is 10.1. The van der Waals surface area contributed by atoms with E-state index in [1.165, 1.54) is 11.8 Å². The summed E-state index contributed by atoms with van der Waals surface area (Å²) in [6.07, 6.45) is 0.470. The Morgan fingerprint density at radius 1 is 1.07 bits per heavy atom. The van der Waals surface area contributed by atoms with Crippen molar-refractivity contribution in [2.75, 3.05) is 12.8 Å². The third kappa shape index (κ3) is 6.69. The van der Waals surface area contributed by atoms with Crippen molar-refractivity contribution >= 4 is 70.0 Å². The summed E-state index contributed by atoms with van der Waals surface area (Å²) in [4.78, 5) is 27.0. The monoisotopic (exact) mass is 506 g/mol. The summed E-state index contributed by atoms with van der Waals surface area (Å²) in [5, 5.41) is 4.70. The molecule has 2 aromatic carbocycles. The number of nitrogens with zero attached hydrogens (tertiary/aromatic N) is 1. The molecule has 0 aliphatic carbocycles. The SMILES string of the molecule is CC[C@@H](C(=O)NC)N(Cc1ccc(Cl)cc1Cl)C(=O)CSCc1c(Cl)cccc1Cl. The van der Waals surface area contributed by atoms with Crippen LogP contribution < -0.4 is 5.32 Å². The van der Waals surface area contributed by atoms with Gasteiger partial charge < -0.3 is 10.2 Å². The molecule has 0 fully saturated rings. The minimum absolute atomic E-state index is 0.167. The van der Waals surface area contributed by atoms with Crippen LogP contribution in [0.2, 0.25) is 20.1 Å². The highest BCUT2D eigenvalue weighted by Gasteiger charge is 2.28. The van der Waals surface area contributed by atoms with Crippen LogP contribution in [0.4, 0.5) is 0 Å². The normalized spacial score (nSPS) is 11.8. The van der Waals surface area contributed by atoms with Crippen molar-refractivity contribution in [2.24, 2.45) is 0 Å². The quantitative estimate of drug-likeness (QED) is 0.447. The summed E-state index contributed by atoms with van der Waals surface area (Å²) in [7, 11) is 1.55. The van der Waals surface area contributed by atoms with Gasteiger partial charge in [0.2, 0.25) is 11.8 Å². The number of hydrogen-bond acceptors (Lipinski definition) is 3. The van der Waals surface area contributed by atoms with Gasteiger partial charge in [-0.25, -0.2) is 0 Å². The average Bonchev–Trinajstić information content (AvgIpc) is 2.71. The van der Waals surface area contributed by atoms with Gasteiger partial charge >= 0.3 is 0 Å². The number of hydrogen-bond donors (Lipinski definition) is 1. The van der Waals surface area contributed by atoms with Crippen molar-refractivity contribution in [3.05, 3.63) is 67.6 Å². The summed E-state index contributed by atoms with van der Waals surface area (Å²) < 4.78 is 0. The van der Waals surface area contributed by atoms with E-state index in [2.05, 4.69) is 5.32 Å². The molecule has 0 spiro atoms. The second-order valence-corrected chi connectivity index (χ2v) is 9.13. The van der Waals surface area contributed by atoms with Gasteiger partial charge in [-0.2, -0.15) is 0 Å². The third-order valence-corrected chi connectivity index (χ3v) is 6.76. The van der Waals surface area contributed by atoms with Gasteiger partial charge in [-0.1, -0.05) is 65.5 Å². The van der Waals surface area contributed by atoms with E-state index in [-0.39, 0.29) is 24.1 Å². The molecule has 0 aromatic heterocycles. The van der Waals surface area contributed by atoms with Gasteiger partial charge in [0.05, 0.1) is 5.75 Å². The van der Waals surface area contributed by atoms with E-state index in [9.17, 15) is 9.59 Å². The molecule has 0 radical (unpaired) electrons. The van der Waals surface area contributed by atoms with Crippen LogP contribution in [0.15, 0.2) is 36.4 Å². The van der Waals surface area contributed by atoms with Crippen LogP contribution in [0.5, 0.6) is 0 Å². The van der Waals surface area contributed by atoms with Gasteiger partial charge in [0.15, 0.2) is 0 Å². The maximum Gasteiger partial charge on any atom is 0.242 e. The number of nitrogens with one attached hydrogen (secondary N) is 1. The summed E-state index contributed by atoms with van der Waals surface area (Å²) in [6, 6.07) is 9.78. The molecule has 0 aliphatic heterocycles. The molecular weight excluding hydrogens is 486 g/mol. The van der Waals surface area contributed by atoms with Gasteiger partial charge in [0, 0.05) is 39.4 Å². The number of thioether (sulfide) groups is 1. The highest BCUT2D eigenvalue weighted by atomic mass is 35.5. The van der Waals surface area contributed by atoms with Crippen LogP contribution in [0.3, 0.4) is 0 Å². The summed E-state index contributed by atoms with van der Waals surface area (Å²) in [5.41, 5.74) is 1.50. The summed E-state index contributed by atoms with van der Waals surface area (Å²) in [5.74, 6) is 0.247. The molecule has 9 heteroatoms. The molecule has 30 heavy (non-hydrogen) atoms. The van der Waals surface area contributed by atoms with Gasteiger partial charge in [-0.15, -0.1) is 11.8 Å². The first-order valence-corrected chi connectivity index (χ1v) is 11.9. The fraction of sp³-hybridized carbons (Fsp3) is 0.333. The standard InChI is InChI=1S/C21H22Cl4N2O2S/c1-3-19(21(29)26-2)27(10-13-7-8-14(22)9-18(13)25)20(28)12-30-11-15-16(23)5-4-6-17(15)24/h4-9,19H,3,10-12H2,1-2H3,(H,26,29)/t19-/m0/s1. The molecule has 4 nitrogen and oxygen atoms in total. The highest BCUT2D eigenvalue weighted by molar-refractivity contribution is 7.99. The number of benzene rings is 2. The number of rotatable bonds is 9. The van der Waals surface area contributed by atoms with E-state index >= 15 is 0 Å². The molecule has 2 rings (SSSR count). The van der Waals surface area contributed by atoms with Crippen molar-refractivity contribution in [1.82, 2.24) is 10.2 Å². The lowest BCUT2D eigenvalue weighted by molar-refractivity contribution is -0.139. The van der Waals surface area contributed by atoms with Crippen LogP contribution in [-0.2, 0) is 21.9 Å². The predicted molar refractivity (Wildman–Crippen MR) is 128 cm³/mol. The van der Waals surface area contributed by atoms with Crippen LogP contribution in [0.1, 0.15) is 24.5 Å². The van der Waals surface area contributed by atoms with E-state index in [1.54, 1.807) is 48.3 Å². The van der Waals surface area contributed by atoms with Crippen molar-refractivity contribution in [2.45, 2.75) is 31.7 Å². The number of amides is 2. The van der Waals surface area contributed by atoms with Crippen molar-refractivity contribution in [1.29, 1.82) is 0 Å². The van der Waals surface area contributed by atoms with Gasteiger partial charge in [-0.05, 0) is 41.8 Å². The second-order valence-electron chi connectivity index (χ2n) is 6.49. The first-order valence-electron chi connectivity index (χ1n) is 9.24. The zero-order chi connectivity index (χ0) is 22.3. The van der Waals surface area contributed by atoms with Crippen molar-refractivity contribution < 1.29 is 9.59 Å². The summed E-state index contributed by atoms with van der Waals surface area (Å²) in [6.45, 7) is 2.06. The van der Waals surface area contributed by atoms with Crippen LogP contribution in [0, 0.1) is 0 Å². The Balaban J connectivity index is 2.18. The second kappa shape index (κ2) is 12.1. The number of likely N-dealkylation sites (N-methyl/N-ethyl adjacent to an activating group) is 1. The maximum atomic E-state index is 13.1. The molecule has 0 unspecified atom stereocenters. The molecule has 1 N–H and O–H groups in total. The Labute approximate surface area is 201 Å². The minimum atomic E-state index is -0.612. The van der Waals surface area contributed by atoms with Crippen molar-refractivity contribution in [3.8, 4) is 0 Å². The Morgan fingerprint density at radius 2 is 1.73 bits per heavy atom. The van der Waals surface area contributed by atoms with E-state index < -0.39 is 6.04 Å². The Bertz CT molecular complexity index is 890. The van der Waals surface area contributed by atoms with Crippen LogP contribution >= 0.6 is 58.2 Å². The largest absolute Gasteiger partial charge is 0.357 e. The molecule has 0 saturated heterocycles. The highest BCUT2D eigenvalue weighted by Crippen LogP contribution is 2.29. The minimum Gasteiger partial charge on any atom is -0.357 e. The molecule has 0 aliphatic rings. The zero-order valence-corrected chi connectivity index (χ0v) is 20.4. The van der Waals surface area contributed by atoms with E-state index in [0.717, 1.165) is 11.1 Å². The summed E-state index contributed by atoms with van der Waals surface area (Å²) >= 11 is 26.1. The number of halogens is 4. The van der Waals surface area contributed by atoms with Gasteiger partial charge in [-0.3, -0.25) is 9.59 Å². The smallest absolute Gasteiger partial charge is 0.242 e. The van der Waals surface area contributed by atoms with E-state index in [0.29, 0.717) is 32.3 Å². The molecule has 2 aromatic rings. The van der Waals surface area contributed by atoms with Crippen molar-refractivity contribution in [3.63, 3.8) is 0 Å². The number of carbonyl (C=O) groups is 2. The lowest BCUT2D eigenvalue weighted by Gasteiger charge is -2.30. The average molecular weight is 508 g/mol. The molecule has 162 valence electrons. The first kappa shape index (κ1) is 25.2. The molecule has 2 amide bonds.